The Labute approximate surface area is 125 Å². The molecule has 4 heteroatoms. The molecule has 1 atom stereocenters. The van der Waals surface area contributed by atoms with Crippen LogP contribution in [0.2, 0.25) is 0 Å². The van der Waals surface area contributed by atoms with Gasteiger partial charge in [-0.1, -0.05) is 17.7 Å². The number of amides is 2. The molecule has 1 aromatic rings. The van der Waals surface area contributed by atoms with Crippen molar-refractivity contribution in [1.29, 1.82) is 0 Å². The number of piperidine rings is 1. The first-order valence-electron chi connectivity index (χ1n) is 7.71. The van der Waals surface area contributed by atoms with Gasteiger partial charge in [0.2, 0.25) is 5.91 Å². The lowest BCUT2D eigenvalue weighted by molar-refractivity contribution is -0.143. The first-order valence-corrected chi connectivity index (χ1v) is 7.71. The molecule has 2 amide bonds. The van der Waals surface area contributed by atoms with Gasteiger partial charge in [-0.25, -0.2) is 0 Å². The van der Waals surface area contributed by atoms with Crippen LogP contribution in [0.1, 0.15) is 38.2 Å². The fraction of sp³-hybridized carbons (Fsp3) is 0.529. The summed E-state index contributed by atoms with van der Waals surface area (Å²) < 4.78 is 0. The molecule has 0 N–H and O–H groups in total. The van der Waals surface area contributed by atoms with Crippen LogP contribution in [0.25, 0.3) is 0 Å². The van der Waals surface area contributed by atoms with Crippen LogP contribution in [0.3, 0.4) is 0 Å². The number of likely N-dealkylation sites (tertiary alicyclic amines) is 1. The maximum absolute atomic E-state index is 13.1. The van der Waals surface area contributed by atoms with Crippen molar-refractivity contribution >= 4 is 17.5 Å². The topological polar surface area (TPSA) is 40.6 Å². The quantitative estimate of drug-likeness (QED) is 0.796. The highest BCUT2D eigenvalue weighted by molar-refractivity contribution is 6.03. The summed E-state index contributed by atoms with van der Waals surface area (Å²) in [5, 5.41) is 0. The second kappa shape index (κ2) is 5.17. The summed E-state index contributed by atoms with van der Waals surface area (Å²) >= 11 is 0. The van der Waals surface area contributed by atoms with E-state index in [0.717, 1.165) is 37.9 Å². The third-order valence-corrected chi connectivity index (χ3v) is 4.83. The van der Waals surface area contributed by atoms with Gasteiger partial charge in [-0.2, -0.15) is 0 Å². The summed E-state index contributed by atoms with van der Waals surface area (Å²) in [6.45, 7) is 5.07. The standard InChI is InChI=1S/C17H22N2O2/c1-13-5-7-15(8-6-13)18-11-3-9-17(16(18)21)10-4-12-19(17)14(2)20/h5-8H,3-4,9-12H2,1-2H3. The average molecular weight is 286 g/mol. The van der Waals surface area contributed by atoms with E-state index in [1.807, 2.05) is 36.1 Å². The molecule has 4 nitrogen and oxygen atoms in total. The monoisotopic (exact) mass is 286 g/mol. The molecule has 0 bridgehead atoms. The van der Waals surface area contributed by atoms with Crippen molar-refractivity contribution < 1.29 is 9.59 Å². The number of hydrogen-bond acceptors (Lipinski definition) is 2. The Morgan fingerprint density at radius 1 is 1.10 bits per heavy atom. The van der Waals surface area contributed by atoms with E-state index in [4.69, 9.17) is 0 Å². The molecule has 2 heterocycles. The molecule has 21 heavy (non-hydrogen) atoms. The molecule has 0 aromatic heterocycles. The maximum Gasteiger partial charge on any atom is 0.252 e. The fourth-order valence-corrected chi connectivity index (χ4v) is 3.78. The van der Waals surface area contributed by atoms with Gasteiger partial charge in [0.05, 0.1) is 0 Å². The molecule has 2 aliphatic heterocycles. The fourth-order valence-electron chi connectivity index (χ4n) is 3.78. The first-order chi connectivity index (χ1) is 10.0. The molecule has 0 aliphatic carbocycles. The Morgan fingerprint density at radius 2 is 1.71 bits per heavy atom. The van der Waals surface area contributed by atoms with E-state index >= 15 is 0 Å². The Bertz CT molecular complexity index is 567. The molecule has 2 aliphatic rings. The summed E-state index contributed by atoms with van der Waals surface area (Å²) in [6.07, 6.45) is 3.47. The first kappa shape index (κ1) is 14.1. The Hall–Kier alpha value is -1.84. The average Bonchev–Trinajstić information content (AvgIpc) is 2.88. The van der Waals surface area contributed by atoms with Crippen molar-refractivity contribution in [3.63, 3.8) is 0 Å². The van der Waals surface area contributed by atoms with E-state index in [-0.39, 0.29) is 11.8 Å². The zero-order valence-electron chi connectivity index (χ0n) is 12.8. The van der Waals surface area contributed by atoms with Gasteiger partial charge in [0.1, 0.15) is 5.54 Å². The molecule has 1 aromatic carbocycles. The molecule has 0 saturated carbocycles. The highest BCUT2D eigenvalue weighted by atomic mass is 16.2. The normalized spacial score (nSPS) is 25.7. The number of hydrogen-bond donors (Lipinski definition) is 0. The minimum atomic E-state index is -0.588. The Balaban J connectivity index is 1.93. The van der Waals surface area contributed by atoms with Crippen LogP contribution in [-0.2, 0) is 9.59 Å². The largest absolute Gasteiger partial charge is 0.328 e. The molecule has 3 rings (SSSR count). The highest BCUT2D eigenvalue weighted by Crippen LogP contribution is 2.39. The molecular formula is C17H22N2O2. The van der Waals surface area contributed by atoms with E-state index in [1.165, 1.54) is 5.56 Å². The summed E-state index contributed by atoms with van der Waals surface area (Å²) in [7, 11) is 0. The number of carbonyl (C=O) groups is 2. The van der Waals surface area contributed by atoms with Crippen LogP contribution >= 0.6 is 0 Å². The van der Waals surface area contributed by atoms with E-state index < -0.39 is 5.54 Å². The van der Waals surface area contributed by atoms with E-state index in [9.17, 15) is 9.59 Å². The van der Waals surface area contributed by atoms with Crippen molar-refractivity contribution in [3.8, 4) is 0 Å². The van der Waals surface area contributed by atoms with Gasteiger partial charge < -0.3 is 9.80 Å². The second-order valence-corrected chi connectivity index (χ2v) is 6.20. The van der Waals surface area contributed by atoms with Gasteiger partial charge in [0.25, 0.3) is 5.91 Å². The third-order valence-electron chi connectivity index (χ3n) is 4.83. The zero-order chi connectivity index (χ0) is 15.0. The maximum atomic E-state index is 13.1. The molecule has 0 radical (unpaired) electrons. The number of nitrogens with zero attached hydrogens (tertiary/aromatic N) is 2. The smallest absolute Gasteiger partial charge is 0.252 e. The van der Waals surface area contributed by atoms with E-state index in [1.54, 1.807) is 11.8 Å². The van der Waals surface area contributed by atoms with E-state index in [0.29, 0.717) is 6.54 Å². The number of carbonyl (C=O) groups excluding carboxylic acids is 2. The summed E-state index contributed by atoms with van der Waals surface area (Å²) in [4.78, 5) is 28.7. The minimum absolute atomic E-state index is 0.0200. The Morgan fingerprint density at radius 3 is 2.33 bits per heavy atom. The molecule has 1 spiro atoms. The Kier molecular flexibility index (Phi) is 3.47. The lowest BCUT2D eigenvalue weighted by Gasteiger charge is -2.44. The highest BCUT2D eigenvalue weighted by Gasteiger charge is 2.52. The van der Waals surface area contributed by atoms with Gasteiger partial charge in [-0.05, 0) is 44.7 Å². The van der Waals surface area contributed by atoms with Crippen LogP contribution in [0, 0.1) is 6.92 Å². The van der Waals surface area contributed by atoms with Crippen molar-refractivity contribution in [2.45, 2.75) is 45.1 Å². The molecule has 1 unspecified atom stereocenters. The molecule has 2 saturated heterocycles. The third kappa shape index (κ3) is 2.23. The predicted octanol–water partition coefficient (Wildman–Crippen LogP) is 2.50. The van der Waals surface area contributed by atoms with Crippen LogP contribution in [0.15, 0.2) is 24.3 Å². The number of anilines is 1. The van der Waals surface area contributed by atoms with Gasteiger partial charge >= 0.3 is 0 Å². The van der Waals surface area contributed by atoms with Crippen molar-refractivity contribution in [1.82, 2.24) is 4.90 Å². The van der Waals surface area contributed by atoms with Crippen LogP contribution in [0.5, 0.6) is 0 Å². The van der Waals surface area contributed by atoms with Gasteiger partial charge in [0.15, 0.2) is 0 Å². The lowest BCUT2D eigenvalue weighted by Crippen LogP contribution is -2.61. The van der Waals surface area contributed by atoms with Crippen molar-refractivity contribution in [2.24, 2.45) is 0 Å². The van der Waals surface area contributed by atoms with Gasteiger partial charge in [-0.15, -0.1) is 0 Å². The SMILES string of the molecule is CC(=O)N1CCCC12CCCN(c1ccc(C)cc1)C2=O. The predicted molar refractivity (Wildman–Crippen MR) is 82.1 cm³/mol. The zero-order valence-corrected chi connectivity index (χ0v) is 12.8. The number of rotatable bonds is 1. The summed E-state index contributed by atoms with van der Waals surface area (Å²) in [5.74, 6) is 0.122. The summed E-state index contributed by atoms with van der Waals surface area (Å²) in [5.41, 5.74) is 1.54. The lowest BCUT2D eigenvalue weighted by atomic mass is 9.85. The second-order valence-electron chi connectivity index (χ2n) is 6.20. The van der Waals surface area contributed by atoms with Crippen molar-refractivity contribution in [3.05, 3.63) is 29.8 Å². The van der Waals surface area contributed by atoms with E-state index in [2.05, 4.69) is 0 Å². The molecular weight excluding hydrogens is 264 g/mol. The number of benzene rings is 1. The molecule has 112 valence electrons. The van der Waals surface area contributed by atoms with Gasteiger partial charge in [-0.3, -0.25) is 9.59 Å². The van der Waals surface area contributed by atoms with Crippen LogP contribution in [0.4, 0.5) is 5.69 Å². The summed E-state index contributed by atoms with van der Waals surface area (Å²) in [6, 6.07) is 8.06. The van der Waals surface area contributed by atoms with Crippen molar-refractivity contribution in [2.75, 3.05) is 18.0 Å². The van der Waals surface area contributed by atoms with Gasteiger partial charge in [0, 0.05) is 25.7 Å². The number of aryl methyl sites for hydroxylation is 1. The molecule has 2 fully saturated rings. The minimum Gasteiger partial charge on any atom is -0.328 e. The van der Waals surface area contributed by atoms with Crippen LogP contribution in [-0.4, -0.2) is 35.3 Å². The van der Waals surface area contributed by atoms with Crippen LogP contribution < -0.4 is 4.90 Å².